The molecule has 1 aliphatic rings. The summed E-state index contributed by atoms with van der Waals surface area (Å²) in [7, 11) is -1.08. The van der Waals surface area contributed by atoms with E-state index in [4.69, 9.17) is 0 Å². The molecule has 1 aromatic heterocycles. The SMILES string of the molecule is O=C1CCS(=O)c2ccncc2N1. The van der Waals surface area contributed by atoms with Gasteiger partial charge in [0, 0.05) is 18.4 Å². The number of nitrogens with zero attached hydrogens (tertiary/aromatic N) is 1. The van der Waals surface area contributed by atoms with E-state index < -0.39 is 10.8 Å². The molecule has 0 fully saturated rings. The Morgan fingerprint density at radius 2 is 2.38 bits per heavy atom. The molecule has 2 rings (SSSR count). The predicted molar refractivity (Wildman–Crippen MR) is 48.8 cm³/mol. The summed E-state index contributed by atoms with van der Waals surface area (Å²) in [4.78, 5) is 15.6. The highest BCUT2D eigenvalue weighted by atomic mass is 32.2. The highest BCUT2D eigenvalue weighted by Crippen LogP contribution is 2.21. The average Bonchev–Trinajstić information content (AvgIpc) is 2.27. The van der Waals surface area contributed by atoms with Crippen LogP contribution in [0.15, 0.2) is 23.4 Å². The van der Waals surface area contributed by atoms with E-state index in [0.717, 1.165) is 0 Å². The van der Waals surface area contributed by atoms with Gasteiger partial charge in [-0.25, -0.2) is 0 Å². The van der Waals surface area contributed by atoms with Gasteiger partial charge in [-0.2, -0.15) is 0 Å². The minimum atomic E-state index is -1.08. The minimum Gasteiger partial charge on any atom is -0.324 e. The van der Waals surface area contributed by atoms with E-state index in [2.05, 4.69) is 10.3 Å². The van der Waals surface area contributed by atoms with Crippen molar-refractivity contribution in [1.29, 1.82) is 0 Å². The van der Waals surface area contributed by atoms with Gasteiger partial charge in [0.2, 0.25) is 5.91 Å². The van der Waals surface area contributed by atoms with Crippen LogP contribution in [0.25, 0.3) is 0 Å². The molecule has 0 radical (unpaired) electrons. The van der Waals surface area contributed by atoms with E-state index in [9.17, 15) is 9.00 Å². The predicted octanol–water partition coefficient (Wildman–Crippen LogP) is 0.531. The van der Waals surface area contributed by atoms with E-state index in [1.54, 1.807) is 12.3 Å². The van der Waals surface area contributed by atoms with Gasteiger partial charge in [-0.3, -0.25) is 14.0 Å². The third-order valence-electron chi connectivity index (χ3n) is 1.81. The Morgan fingerprint density at radius 3 is 3.23 bits per heavy atom. The Kier molecular flexibility index (Phi) is 2.10. The zero-order valence-electron chi connectivity index (χ0n) is 6.82. The molecule has 0 saturated carbocycles. The summed E-state index contributed by atoms with van der Waals surface area (Å²) in [6.07, 6.45) is 3.41. The minimum absolute atomic E-state index is 0.0971. The molecule has 13 heavy (non-hydrogen) atoms. The van der Waals surface area contributed by atoms with E-state index >= 15 is 0 Å². The quantitative estimate of drug-likeness (QED) is 0.658. The second kappa shape index (κ2) is 3.26. The summed E-state index contributed by atoms with van der Waals surface area (Å²) in [5.41, 5.74) is 0.573. The first-order valence-corrected chi connectivity index (χ1v) is 5.21. The molecule has 2 heterocycles. The van der Waals surface area contributed by atoms with Crippen molar-refractivity contribution in [3.8, 4) is 0 Å². The lowest BCUT2D eigenvalue weighted by molar-refractivity contribution is -0.115. The lowest BCUT2D eigenvalue weighted by atomic mass is 10.4. The van der Waals surface area contributed by atoms with Crippen LogP contribution in [-0.2, 0) is 15.6 Å². The Labute approximate surface area is 77.8 Å². The molecule has 4 nitrogen and oxygen atoms in total. The van der Waals surface area contributed by atoms with Crippen molar-refractivity contribution < 1.29 is 9.00 Å². The number of anilines is 1. The molecule has 0 spiro atoms. The van der Waals surface area contributed by atoms with Crippen LogP contribution in [0.1, 0.15) is 6.42 Å². The van der Waals surface area contributed by atoms with Crippen LogP contribution >= 0.6 is 0 Å². The average molecular weight is 196 g/mol. The van der Waals surface area contributed by atoms with Crippen LogP contribution in [0, 0.1) is 0 Å². The summed E-state index contributed by atoms with van der Waals surface area (Å²) in [5, 5.41) is 2.66. The first-order chi connectivity index (χ1) is 6.27. The van der Waals surface area contributed by atoms with Crippen molar-refractivity contribution in [1.82, 2.24) is 4.98 Å². The molecule has 5 heteroatoms. The van der Waals surface area contributed by atoms with Crippen molar-refractivity contribution in [2.24, 2.45) is 0 Å². The molecule has 0 saturated heterocycles. The molecule has 0 aromatic carbocycles. The number of carbonyl (C=O) groups is 1. The van der Waals surface area contributed by atoms with Gasteiger partial charge in [-0.05, 0) is 6.07 Å². The van der Waals surface area contributed by atoms with Crippen molar-refractivity contribution >= 4 is 22.4 Å². The monoisotopic (exact) mass is 196 g/mol. The number of carbonyl (C=O) groups excluding carboxylic acids is 1. The van der Waals surface area contributed by atoms with Crippen molar-refractivity contribution in [3.63, 3.8) is 0 Å². The summed E-state index contributed by atoms with van der Waals surface area (Å²) < 4.78 is 11.5. The maximum atomic E-state index is 11.5. The van der Waals surface area contributed by atoms with Gasteiger partial charge in [0.05, 0.1) is 27.6 Å². The van der Waals surface area contributed by atoms with E-state index in [1.807, 2.05) is 0 Å². The molecule has 0 aliphatic carbocycles. The molecule has 1 aromatic rings. The molecule has 1 amide bonds. The van der Waals surface area contributed by atoms with Crippen LogP contribution < -0.4 is 5.32 Å². The Morgan fingerprint density at radius 1 is 1.54 bits per heavy atom. The third kappa shape index (κ3) is 1.60. The van der Waals surface area contributed by atoms with Gasteiger partial charge in [0.15, 0.2) is 0 Å². The largest absolute Gasteiger partial charge is 0.324 e. The van der Waals surface area contributed by atoms with Gasteiger partial charge in [-0.15, -0.1) is 0 Å². The van der Waals surface area contributed by atoms with Crippen molar-refractivity contribution in [2.75, 3.05) is 11.1 Å². The molecule has 1 aliphatic heterocycles. The van der Waals surface area contributed by atoms with Crippen LogP contribution in [0.3, 0.4) is 0 Å². The number of amides is 1. The number of aromatic nitrogens is 1. The van der Waals surface area contributed by atoms with Crippen LogP contribution in [-0.4, -0.2) is 20.9 Å². The zero-order valence-corrected chi connectivity index (χ0v) is 7.63. The van der Waals surface area contributed by atoms with E-state index in [-0.39, 0.29) is 5.91 Å². The topological polar surface area (TPSA) is 59.1 Å². The number of fused-ring (bicyclic) bond motifs is 1. The molecular weight excluding hydrogens is 188 g/mol. The van der Waals surface area contributed by atoms with Gasteiger partial charge in [0.25, 0.3) is 0 Å². The van der Waals surface area contributed by atoms with Gasteiger partial charge in [0.1, 0.15) is 0 Å². The van der Waals surface area contributed by atoms with Crippen LogP contribution in [0.2, 0.25) is 0 Å². The molecule has 68 valence electrons. The maximum Gasteiger partial charge on any atom is 0.225 e. The fraction of sp³-hybridized carbons (Fsp3) is 0.250. The molecule has 1 unspecified atom stereocenters. The molecule has 0 bridgehead atoms. The Bertz CT molecular complexity index is 378. The van der Waals surface area contributed by atoms with Crippen LogP contribution in [0.4, 0.5) is 5.69 Å². The lowest BCUT2D eigenvalue weighted by Crippen LogP contribution is -2.10. The molecule has 1 atom stereocenters. The van der Waals surface area contributed by atoms with Crippen molar-refractivity contribution in [3.05, 3.63) is 18.5 Å². The summed E-state index contributed by atoms with van der Waals surface area (Å²) >= 11 is 0. The maximum absolute atomic E-state index is 11.5. The number of hydrogen-bond acceptors (Lipinski definition) is 3. The Hall–Kier alpha value is -1.23. The standard InChI is InChI=1S/C8H8N2O2S/c11-8-2-4-13(12)7-1-3-9-5-6(7)10-8/h1,3,5H,2,4H2,(H,10,11). The second-order valence-corrected chi connectivity index (χ2v) is 4.26. The fourth-order valence-corrected chi connectivity index (χ4v) is 2.33. The van der Waals surface area contributed by atoms with Gasteiger partial charge >= 0.3 is 0 Å². The zero-order chi connectivity index (χ0) is 9.26. The summed E-state index contributed by atoms with van der Waals surface area (Å²) in [6, 6.07) is 1.68. The van der Waals surface area contributed by atoms with Gasteiger partial charge < -0.3 is 5.32 Å². The molecular formula is C8H8N2O2S. The highest BCUT2D eigenvalue weighted by molar-refractivity contribution is 7.85. The Balaban J connectivity index is 2.49. The number of pyridine rings is 1. The van der Waals surface area contributed by atoms with Crippen LogP contribution in [0.5, 0.6) is 0 Å². The van der Waals surface area contributed by atoms with E-state index in [1.165, 1.54) is 6.20 Å². The fourth-order valence-electron chi connectivity index (χ4n) is 1.18. The highest BCUT2D eigenvalue weighted by Gasteiger charge is 2.17. The number of nitrogens with one attached hydrogen (secondary N) is 1. The first-order valence-electron chi connectivity index (χ1n) is 3.89. The normalized spacial score (nSPS) is 21.5. The lowest BCUT2D eigenvalue weighted by Gasteiger charge is -2.02. The third-order valence-corrected chi connectivity index (χ3v) is 3.24. The molecule has 1 N–H and O–H groups in total. The number of hydrogen-bond donors (Lipinski definition) is 1. The number of rotatable bonds is 0. The van der Waals surface area contributed by atoms with Gasteiger partial charge in [-0.1, -0.05) is 0 Å². The summed E-state index contributed by atoms with van der Waals surface area (Å²) in [5.74, 6) is 0.295. The smallest absolute Gasteiger partial charge is 0.225 e. The van der Waals surface area contributed by atoms with Crippen molar-refractivity contribution in [2.45, 2.75) is 11.3 Å². The van der Waals surface area contributed by atoms with E-state index in [0.29, 0.717) is 22.8 Å². The second-order valence-electron chi connectivity index (χ2n) is 2.72. The first kappa shape index (κ1) is 8.37. The summed E-state index contributed by atoms with van der Waals surface area (Å²) in [6.45, 7) is 0.